The molecule has 0 amide bonds. The third-order valence-electron chi connectivity index (χ3n) is 6.93. The number of rotatable bonds is 9. The number of nitrogens with zero attached hydrogens (tertiary/aromatic N) is 1. The summed E-state index contributed by atoms with van der Waals surface area (Å²) in [7, 11) is 3.00. The number of hydrogen-bond acceptors (Lipinski definition) is 5. The summed E-state index contributed by atoms with van der Waals surface area (Å²) in [6.45, 7) is 0.656. The predicted octanol–water partition coefficient (Wildman–Crippen LogP) is 5.64. The Morgan fingerprint density at radius 2 is 1.91 bits per heavy atom. The summed E-state index contributed by atoms with van der Waals surface area (Å²) in [4.78, 5) is 15.8. The zero-order chi connectivity index (χ0) is 22.5. The summed E-state index contributed by atoms with van der Waals surface area (Å²) in [5.41, 5.74) is 1.86. The molecule has 6 heteroatoms. The van der Waals surface area contributed by atoms with Gasteiger partial charge in [-0.3, -0.25) is 4.79 Å². The topological polar surface area (TPSA) is 57.7 Å². The largest absolute Gasteiger partial charge is 0.493 e. The maximum atomic E-state index is 14.3. The highest BCUT2D eigenvalue weighted by atomic mass is 19.1. The molecule has 5 nitrogen and oxygen atoms in total. The van der Waals surface area contributed by atoms with E-state index in [1.165, 1.54) is 26.1 Å². The van der Waals surface area contributed by atoms with E-state index in [4.69, 9.17) is 14.2 Å². The second kappa shape index (κ2) is 10.3. The van der Waals surface area contributed by atoms with Crippen LogP contribution < -0.4 is 9.47 Å². The summed E-state index contributed by atoms with van der Waals surface area (Å²) in [6.07, 6.45) is 7.88. The molecule has 1 aromatic heterocycles. The summed E-state index contributed by atoms with van der Waals surface area (Å²) in [5.74, 6) is 2.32. The Balaban J connectivity index is 1.31. The molecule has 0 radical (unpaired) electrons. The standard InChI is InChI=1S/C26H32FNO4/c1-30-25-13-23(24(27)15-28-25)19-8-6-17(7-9-19)16-32-21-5-3-4-20(12-21)22(18-10-11-18)14-26(29)31-2/h3-5,12-13,15,17-19,22H,6-11,14,16H2,1-2H3/t17?,19?,22-/m0/s1. The fraction of sp³-hybridized carbons (Fsp3) is 0.538. The number of aromatic nitrogens is 1. The van der Waals surface area contributed by atoms with Crippen LogP contribution in [0.15, 0.2) is 36.5 Å². The first-order valence-electron chi connectivity index (χ1n) is 11.6. The molecule has 0 N–H and O–H groups in total. The van der Waals surface area contributed by atoms with Crippen LogP contribution in [0.2, 0.25) is 0 Å². The van der Waals surface area contributed by atoms with Gasteiger partial charge in [-0.1, -0.05) is 12.1 Å². The number of esters is 1. The molecule has 2 aliphatic carbocycles. The molecule has 172 valence electrons. The highest BCUT2D eigenvalue weighted by Crippen LogP contribution is 2.45. The van der Waals surface area contributed by atoms with Crippen LogP contribution in [0.3, 0.4) is 0 Å². The van der Waals surface area contributed by atoms with Gasteiger partial charge in [-0.25, -0.2) is 9.37 Å². The van der Waals surface area contributed by atoms with Crippen LogP contribution in [0.5, 0.6) is 11.6 Å². The number of carbonyl (C=O) groups is 1. The first-order chi connectivity index (χ1) is 15.6. The van der Waals surface area contributed by atoms with E-state index in [0.29, 0.717) is 36.3 Å². The van der Waals surface area contributed by atoms with Crippen molar-refractivity contribution in [3.8, 4) is 11.6 Å². The zero-order valence-electron chi connectivity index (χ0n) is 18.9. The summed E-state index contributed by atoms with van der Waals surface area (Å²) in [5, 5.41) is 0. The van der Waals surface area contributed by atoms with Gasteiger partial charge in [0.25, 0.3) is 0 Å². The van der Waals surface area contributed by atoms with Gasteiger partial charge >= 0.3 is 5.97 Å². The number of methoxy groups -OCH3 is 2. The zero-order valence-corrected chi connectivity index (χ0v) is 18.9. The van der Waals surface area contributed by atoms with Crippen molar-refractivity contribution in [1.29, 1.82) is 0 Å². The molecule has 0 aliphatic heterocycles. The normalized spacial score (nSPS) is 21.6. The van der Waals surface area contributed by atoms with E-state index in [1.54, 1.807) is 13.2 Å². The summed E-state index contributed by atoms with van der Waals surface area (Å²) in [6, 6.07) is 9.88. The average molecular weight is 442 g/mol. The molecule has 2 fully saturated rings. The van der Waals surface area contributed by atoms with Crippen LogP contribution in [0.1, 0.15) is 67.9 Å². The van der Waals surface area contributed by atoms with Crippen LogP contribution in [-0.4, -0.2) is 31.8 Å². The predicted molar refractivity (Wildman–Crippen MR) is 119 cm³/mol. The first-order valence-corrected chi connectivity index (χ1v) is 11.6. The van der Waals surface area contributed by atoms with Crippen molar-refractivity contribution < 1.29 is 23.4 Å². The van der Waals surface area contributed by atoms with Crippen LogP contribution in [0.25, 0.3) is 0 Å². The molecule has 32 heavy (non-hydrogen) atoms. The van der Waals surface area contributed by atoms with Crippen molar-refractivity contribution >= 4 is 5.97 Å². The smallest absolute Gasteiger partial charge is 0.306 e. The Labute approximate surface area is 189 Å². The minimum atomic E-state index is -0.250. The van der Waals surface area contributed by atoms with E-state index < -0.39 is 0 Å². The highest BCUT2D eigenvalue weighted by molar-refractivity contribution is 5.70. The molecular formula is C26H32FNO4. The van der Waals surface area contributed by atoms with Gasteiger partial charge in [0.2, 0.25) is 5.88 Å². The van der Waals surface area contributed by atoms with E-state index in [2.05, 4.69) is 17.1 Å². The van der Waals surface area contributed by atoms with E-state index in [9.17, 15) is 9.18 Å². The lowest BCUT2D eigenvalue weighted by molar-refractivity contribution is -0.141. The highest BCUT2D eigenvalue weighted by Gasteiger charge is 2.34. The SMILES string of the molecule is COC(=O)C[C@H](c1cccc(OCC2CCC(c3cc(OC)ncc3F)CC2)c1)C1CC1. The Bertz CT molecular complexity index is 922. The first kappa shape index (κ1) is 22.6. The third kappa shape index (κ3) is 5.59. The quantitative estimate of drug-likeness (QED) is 0.472. The maximum Gasteiger partial charge on any atom is 0.306 e. The van der Waals surface area contributed by atoms with Crippen LogP contribution in [0, 0.1) is 17.7 Å². The molecule has 4 rings (SSSR count). The molecule has 2 aliphatic rings. The monoisotopic (exact) mass is 441 g/mol. The minimum absolute atomic E-state index is 0.159. The molecule has 2 saturated carbocycles. The van der Waals surface area contributed by atoms with Gasteiger partial charge in [0, 0.05) is 6.07 Å². The van der Waals surface area contributed by atoms with Gasteiger partial charge in [-0.15, -0.1) is 0 Å². The molecule has 0 spiro atoms. The number of benzene rings is 1. The van der Waals surface area contributed by atoms with Crippen molar-refractivity contribution in [2.75, 3.05) is 20.8 Å². The lowest BCUT2D eigenvalue weighted by Crippen LogP contribution is -2.20. The van der Waals surface area contributed by atoms with Gasteiger partial charge in [0.1, 0.15) is 11.6 Å². The number of pyridine rings is 1. The van der Waals surface area contributed by atoms with Crippen molar-refractivity contribution in [2.45, 2.75) is 56.8 Å². The van der Waals surface area contributed by atoms with Gasteiger partial charge in [0.05, 0.1) is 33.4 Å². The van der Waals surface area contributed by atoms with E-state index in [0.717, 1.165) is 37.0 Å². The van der Waals surface area contributed by atoms with Gasteiger partial charge in [-0.2, -0.15) is 0 Å². The second-order valence-electron chi connectivity index (χ2n) is 9.07. The molecule has 1 atom stereocenters. The molecule has 0 bridgehead atoms. The number of hydrogen-bond donors (Lipinski definition) is 0. The van der Waals surface area contributed by atoms with Gasteiger partial charge < -0.3 is 14.2 Å². The number of halogens is 1. The molecule has 1 heterocycles. The van der Waals surface area contributed by atoms with Crippen LogP contribution in [-0.2, 0) is 9.53 Å². The second-order valence-corrected chi connectivity index (χ2v) is 9.07. The van der Waals surface area contributed by atoms with Gasteiger partial charge in [0.15, 0.2) is 0 Å². The lowest BCUT2D eigenvalue weighted by Gasteiger charge is -2.29. The molecule has 0 unspecified atom stereocenters. The number of carbonyl (C=O) groups excluding carboxylic acids is 1. The molecule has 2 aromatic rings. The fourth-order valence-electron chi connectivity index (χ4n) is 4.87. The molecular weight excluding hydrogens is 409 g/mol. The average Bonchev–Trinajstić information content (AvgIpc) is 3.67. The van der Waals surface area contributed by atoms with E-state index >= 15 is 0 Å². The van der Waals surface area contributed by atoms with E-state index in [-0.39, 0.29) is 23.6 Å². The van der Waals surface area contributed by atoms with E-state index in [1.807, 2.05) is 12.1 Å². The third-order valence-corrected chi connectivity index (χ3v) is 6.93. The molecule has 0 saturated heterocycles. The van der Waals surface area contributed by atoms with Crippen molar-refractivity contribution in [1.82, 2.24) is 4.98 Å². The Hall–Kier alpha value is -2.63. The number of ether oxygens (including phenoxy) is 3. The summed E-state index contributed by atoms with van der Waals surface area (Å²) < 4.78 is 30.5. The van der Waals surface area contributed by atoms with Gasteiger partial charge in [-0.05, 0) is 85.5 Å². The lowest BCUT2D eigenvalue weighted by atomic mass is 9.79. The Kier molecular flexibility index (Phi) is 7.28. The van der Waals surface area contributed by atoms with Crippen molar-refractivity contribution in [3.05, 3.63) is 53.5 Å². The van der Waals surface area contributed by atoms with Crippen LogP contribution in [0.4, 0.5) is 4.39 Å². The Morgan fingerprint density at radius 3 is 2.59 bits per heavy atom. The van der Waals surface area contributed by atoms with Crippen molar-refractivity contribution in [3.63, 3.8) is 0 Å². The molecule has 1 aromatic carbocycles. The summed E-state index contributed by atoms with van der Waals surface area (Å²) >= 11 is 0. The fourth-order valence-corrected chi connectivity index (χ4v) is 4.87. The maximum absolute atomic E-state index is 14.3. The van der Waals surface area contributed by atoms with Crippen LogP contribution >= 0.6 is 0 Å². The Morgan fingerprint density at radius 1 is 1.12 bits per heavy atom. The minimum Gasteiger partial charge on any atom is -0.493 e. The van der Waals surface area contributed by atoms with Crippen molar-refractivity contribution in [2.24, 2.45) is 11.8 Å².